The molecule has 1 rings (SSSR count). The van der Waals surface area contributed by atoms with Gasteiger partial charge >= 0.3 is 5.97 Å². The molecule has 0 aliphatic heterocycles. The lowest BCUT2D eigenvalue weighted by atomic mass is 10.1. The smallest absolute Gasteiger partial charge is 0.326 e. The Morgan fingerprint density at radius 2 is 1.80 bits per heavy atom. The zero-order chi connectivity index (χ0) is 26.5. The maximum absolute atomic E-state index is 12.7. The van der Waals surface area contributed by atoms with Crippen LogP contribution in [0.4, 0.5) is 0 Å². The first-order chi connectivity index (χ1) is 16.5. The van der Waals surface area contributed by atoms with Crippen molar-refractivity contribution in [2.45, 2.75) is 56.5 Å². The molecule has 0 bridgehead atoms. The van der Waals surface area contributed by atoms with Crippen LogP contribution in [-0.4, -0.2) is 92.4 Å². The number of nitrogens with zero attached hydrogens (tertiary/aromatic N) is 2. The molecule has 0 aromatic carbocycles. The summed E-state index contributed by atoms with van der Waals surface area (Å²) < 4.78 is 0. The van der Waals surface area contributed by atoms with Crippen molar-refractivity contribution < 1.29 is 29.4 Å². The molecular weight excluding hydrogens is 482 g/mol. The number of aliphatic hydroxyl groups excluding tert-OH is 1. The molecule has 0 fully saturated rings. The molecule has 35 heavy (non-hydrogen) atoms. The van der Waals surface area contributed by atoms with E-state index in [1.165, 1.54) is 19.4 Å². The first kappa shape index (κ1) is 29.7. The number of rotatable bonds is 15. The minimum Gasteiger partial charge on any atom is -0.480 e. The fourth-order valence-electron chi connectivity index (χ4n) is 2.88. The Hall–Kier alpha value is -3.37. The van der Waals surface area contributed by atoms with Gasteiger partial charge in [-0.05, 0) is 19.8 Å². The molecule has 1 aromatic heterocycles. The lowest BCUT2D eigenvalue weighted by molar-refractivity contribution is -0.142. The van der Waals surface area contributed by atoms with Crippen LogP contribution in [0.2, 0.25) is 0 Å². The van der Waals surface area contributed by atoms with Gasteiger partial charge in [0.25, 0.3) is 0 Å². The van der Waals surface area contributed by atoms with Crippen LogP contribution in [0.15, 0.2) is 17.5 Å². The number of imidazole rings is 1. The molecule has 16 heteroatoms. The fraction of sp³-hybridized carbons (Fsp3) is 0.579. The molecule has 5 atom stereocenters. The quantitative estimate of drug-likeness (QED) is 0.0470. The summed E-state index contributed by atoms with van der Waals surface area (Å²) in [5.41, 5.74) is 16.9. The molecule has 0 saturated heterocycles. The van der Waals surface area contributed by atoms with E-state index in [1.54, 1.807) is 0 Å². The van der Waals surface area contributed by atoms with Gasteiger partial charge in [-0.15, -0.1) is 0 Å². The SMILES string of the molecule is CC(O)C(NC(=O)C(N)Cc1cnc[nH]1)C(=O)NC(CS)C(=O)NC(CCCN=C(N)N)C(=O)O. The number of hydrogen-bond acceptors (Lipinski definition) is 9. The minimum absolute atomic E-state index is 0.0334. The number of carbonyl (C=O) groups excluding carboxylic acids is 3. The molecule has 15 nitrogen and oxygen atoms in total. The Kier molecular flexibility index (Phi) is 12.5. The number of hydrogen-bond donors (Lipinski definition) is 10. The second-order valence-corrected chi connectivity index (χ2v) is 8.07. The van der Waals surface area contributed by atoms with Crippen molar-refractivity contribution >= 4 is 42.3 Å². The van der Waals surface area contributed by atoms with Gasteiger partial charge in [0.15, 0.2) is 5.96 Å². The number of nitrogens with one attached hydrogen (secondary N) is 4. The van der Waals surface area contributed by atoms with E-state index in [4.69, 9.17) is 17.2 Å². The summed E-state index contributed by atoms with van der Waals surface area (Å²) in [5.74, 6) is -4.00. The van der Waals surface area contributed by atoms with E-state index in [0.29, 0.717) is 5.69 Å². The molecule has 0 radical (unpaired) electrons. The third-order valence-electron chi connectivity index (χ3n) is 4.77. The monoisotopic (exact) mass is 515 g/mol. The summed E-state index contributed by atoms with van der Waals surface area (Å²) in [4.78, 5) is 59.6. The summed E-state index contributed by atoms with van der Waals surface area (Å²) in [6.45, 7) is 1.45. The third kappa shape index (κ3) is 10.6. The van der Waals surface area contributed by atoms with Crippen molar-refractivity contribution in [2.24, 2.45) is 22.2 Å². The van der Waals surface area contributed by atoms with Crippen molar-refractivity contribution in [3.63, 3.8) is 0 Å². The number of aromatic nitrogens is 2. The van der Waals surface area contributed by atoms with Gasteiger partial charge in [0.2, 0.25) is 17.7 Å². The molecule has 1 heterocycles. The molecule has 0 spiro atoms. The zero-order valence-electron chi connectivity index (χ0n) is 19.2. The Bertz CT molecular complexity index is 876. The highest BCUT2D eigenvalue weighted by Crippen LogP contribution is 2.03. The molecule has 0 aliphatic carbocycles. The highest BCUT2D eigenvalue weighted by Gasteiger charge is 2.32. The Morgan fingerprint density at radius 1 is 1.14 bits per heavy atom. The number of nitrogens with two attached hydrogens (primary N) is 3. The normalized spacial score (nSPS) is 15.1. The van der Waals surface area contributed by atoms with Crippen LogP contribution >= 0.6 is 12.6 Å². The number of aromatic amines is 1. The summed E-state index contributed by atoms with van der Waals surface area (Å²) in [5, 5.41) is 26.4. The number of carboxylic acid groups (broad SMARTS) is 1. The Morgan fingerprint density at radius 3 is 2.31 bits per heavy atom. The summed E-state index contributed by atoms with van der Waals surface area (Å²) in [6, 6.07) is -4.98. The molecule has 0 saturated carbocycles. The van der Waals surface area contributed by atoms with Crippen molar-refractivity contribution in [1.29, 1.82) is 0 Å². The van der Waals surface area contributed by atoms with Gasteiger partial charge in [-0.1, -0.05) is 0 Å². The van der Waals surface area contributed by atoms with Crippen molar-refractivity contribution in [3.05, 3.63) is 18.2 Å². The Labute approximate surface area is 207 Å². The predicted octanol–water partition coefficient (Wildman–Crippen LogP) is -3.82. The molecule has 0 aliphatic rings. The van der Waals surface area contributed by atoms with E-state index < -0.39 is 54.0 Å². The summed E-state index contributed by atoms with van der Waals surface area (Å²) >= 11 is 4.04. The molecule has 12 N–H and O–H groups in total. The van der Waals surface area contributed by atoms with Crippen molar-refractivity contribution in [2.75, 3.05) is 12.3 Å². The van der Waals surface area contributed by atoms with E-state index in [-0.39, 0.29) is 37.5 Å². The Balaban J connectivity index is 2.74. The number of carbonyl (C=O) groups is 4. The zero-order valence-corrected chi connectivity index (χ0v) is 20.1. The first-order valence-corrected chi connectivity index (χ1v) is 11.3. The lowest BCUT2D eigenvalue weighted by Gasteiger charge is -2.25. The highest BCUT2D eigenvalue weighted by atomic mass is 32.1. The number of H-pyrrole nitrogens is 1. The van der Waals surface area contributed by atoms with Crippen LogP contribution in [0.5, 0.6) is 0 Å². The first-order valence-electron chi connectivity index (χ1n) is 10.7. The average Bonchev–Trinajstić information content (AvgIpc) is 3.29. The second-order valence-electron chi connectivity index (χ2n) is 7.71. The standard InChI is InChI=1S/C19H33N9O6S/c1-9(29)14(28-15(30)11(20)5-10-6-23-8-25-10)17(32)27-13(7-35)16(31)26-12(18(33)34)3-2-4-24-19(21)22/h6,8-9,11-14,29,35H,2-5,7,20H2,1H3,(H,23,25)(H,26,31)(H,27,32)(H,28,30)(H,33,34)(H4,21,22,24). The van der Waals surface area contributed by atoms with Crippen LogP contribution in [0, 0.1) is 0 Å². The summed E-state index contributed by atoms with van der Waals surface area (Å²) in [6.07, 6.45) is 2.01. The van der Waals surface area contributed by atoms with Gasteiger partial charge in [0.05, 0.1) is 18.5 Å². The van der Waals surface area contributed by atoms with Gasteiger partial charge in [-0.2, -0.15) is 12.6 Å². The van der Waals surface area contributed by atoms with E-state index >= 15 is 0 Å². The van der Waals surface area contributed by atoms with Gasteiger partial charge in [0.1, 0.15) is 18.1 Å². The average molecular weight is 516 g/mol. The predicted molar refractivity (Wildman–Crippen MR) is 129 cm³/mol. The second kappa shape index (κ2) is 14.8. The number of amides is 3. The molecule has 1 aromatic rings. The molecule has 5 unspecified atom stereocenters. The van der Waals surface area contributed by atoms with Gasteiger partial charge in [-0.25, -0.2) is 9.78 Å². The topological polar surface area (TPSA) is 264 Å². The number of aliphatic imine (C=N–C) groups is 1. The summed E-state index contributed by atoms with van der Waals surface area (Å²) in [7, 11) is 0. The number of carboxylic acids is 1. The van der Waals surface area contributed by atoms with Crippen LogP contribution in [0.1, 0.15) is 25.5 Å². The van der Waals surface area contributed by atoms with Crippen LogP contribution < -0.4 is 33.2 Å². The van der Waals surface area contributed by atoms with Crippen molar-refractivity contribution in [1.82, 2.24) is 25.9 Å². The van der Waals surface area contributed by atoms with Gasteiger partial charge in [0, 0.05) is 30.6 Å². The lowest BCUT2D eigenvalue weighted by Crippen LogP contribution is -2.60. The fourth-order valence-corrected chi connectivity index (χ4v) is 3.14. The van der Waals surface area contributed by atoms with E-state index in [2.05, 4.69) is 43.5 Å². The van der Waals surface area contributed by atoms with Crippen LogP contribution in [0.3, 0.4) is 0 Å². The maximum atomic E-state index is 12.7. The third-order valence-corrected chi connectivity index (χ3v) is 5.13. The number of aliphatic hydroxyl groups is 1. The van der Waals surface area contributed by atoms with E-state index in [9.17, 15) is 29.4 Å². The maximum Gasteiger partial charge on any atom is 0.326 e. The molecule has 196 valence electrons. The largest absolute Gasteiger partial charge is 0.480 e. The number of aliphatic carboxylic acids is 1. The van der Waals surface area contributed by atoms with Gasteiger partial charge < -0.3 is 48.3 Å². The molecular formula is C19H33N9O6S. The van der Waals surface area contributed by atoms with Crippen LogP contribution in [0.25, 0.3) is 0 Å². The number of thiol groups is 1. The van der Waals surface area contributed by atoms with E-state index in [0.717, 1.165) is 0 Å². The molecule has 3 amide bonds. The van der Waals surface area contributed by atoms with Crippen molar-refractivity contribution in [3.8, 4) is 0 Å². The van der Waals surface area contributed by atoms with Gasteiger partial charge in [-0.3, -0.25) is 19.4 Å². The number of guanidine groups is 1. The minimum atomic E-state index is -1.43. The van der Waals surface area contributed by atoms with Crippen LogP contribution in [-0.2, 0) is 25.6 Å². The highest BCUT2D eigenvalue weighted by molar-refractivity contribution is 7.80. The van der Waals surface area contributed by atoms with E-state index in [1.807, 2.05) is 0 Å².